The zero-order chi connectivity index (χ0) is 12.3. The molecule has 0 bridgehead atoms. The van der Waals surface area contributed by atoms with E-state index >= 15 is 0 Å². The smallest absolute Gasteiger partial charge is 0.120 e. The highest BCUT2D eigenvalue weighted by molar-refractivity contribution is 6.88. The van der Waals surface area contributed by atoms with Gasteiger partial charge in [-0.25, -0.2) is 0 Å². The Morgan fingerprint density at radius 2 is 1.88 bits per heavy atom. The molecule has 1 heterocycles. The summed E-state index contributed by atoms with van der Waals surface area (Å²) in [6.07, 6.45) is 1.94. The standard InChI is InChI=1S/C13H19NOSi/c1-10(11(2)15-3)13-8-7-12(9-14-13)16(4,5)6/h7-9H,1-2H2,3-6H3. The van der Waals surface area contributed by atoms with E-state index in [-0.39, 0.29) is 0 Å². The number of ether oxygens (including phenoxy) is 1. The van der Waals surface area contributed by atoms with Crippen LogP contribution in [0.3, 0.4) is 0 Å². The fraction of sp³-hybridized carbons (Fsp3) is 0.308. The van der Waals surface area contributed by atoms with Crippen LogP contribution in [-0.2, 0) is 4.74 Å². The van der Waals surface area contributed by atoms with Gasteiger partial charge in [0.05, 0.1) is 20.9 Å². The fourth-order valence-corrected chi connectivity index (χ4v) is 2.32. The van der Waals surface area contributed by atoms with Gasteiger partial charge in [-0.15, -0.1) is 0 Å². The normalized spacial score (nSPS) is 11.0. The third kappa shape index (κ3) is 2.82. The summed E-state index contributed by atoms with van der Waals surface area (Å²) in [5, 5.41) is 1.34. The molecule has 16 heavy (non-hydrogen) atoms. The number of allylic oxidation sites excluding steroid dienone is 1. The lowest BCUT2D eigenvalue weighted by molar-refractivity contribution is 0.313. The van der Waals surface area contributed by atoms with Crippen LogP contribution in [0.25, 0.3) is 5.57 Å². The van der Waals surface area contributed by atoms with Crippen molar-refractivity contribution in [1.82, 2.24) is 4.98 Å². The van der Waals surface area contributed by atoms with Gasteiger partial charge < -0.3 is 4.74 Å². The molecule has 0 radical (unpaired) electrons. The highest BCUT2D eigenvalue weighted by Crippen LogP contribution is 2.17. The van der Waals surface area contributed by atoms with Crippen LogP contribution in [-0.4, -0.2) is 20.2 Å². The van der Waals surface area contributed by atoms with Crippen LogP contribution in [0.1, 0.15) is 5.69 Å². The number of methoxy groups -OCH3 is 1. The van der Waals surface area contributed by atoms with Gasteiger partial charge in [-0.1, -0.05) is 38.9 Å². The van der Waals surface area contributed by atoms with Crippen LogP contribution in [0.5, 0.6) is 0 Å². The molecule has 0 aliphatic carbocycles. The number of hydrogen-bond acceptors (Lipinski definition) is 2. The van der Waals surface area contributed by atoms with E-state index in [1.54, 1.807) is 7.11 Å². The largest absolute Gasteiger partial charge is 0.497 e. The van der Waals surface area contributed by atoms with E-state index in [1.807, 2.05) is 12.3 Å². The van der Waals surface area contributed by atoms with Crippen LogP contribution in [0, 0.1) is 0 Å². The molecule has 1 rings (SSSR count). The molecule has 0 aromatic carbocycles. The summed E-state index contributed by atoms with van der Waals surface area (Å²) in [4.78, 5) is 4.41. The van der Waals surface area contributed by atoms with Crippen molar-refractivity contribution in [2.24, 2.45) is 0 Å². The first-order valence-electron chi connectivity index (χ1n) is 5.25. The van der Waals surface area contributed by atoms with Gasteiger partial charge in [-0.05, 0) is 11.3 Å². The minimum atomic E-state index is -1.27. The summed E-state index contributed by atoms with van der Waals surface area (Å²) in [5.74, 6) is 0.563. The maximum absolute atomic E-state index is 5.04. The van der Waals surface area contributed by atoms with Gasteiger partial charge in [0.25, 0.3) is 0 Å². The van der Waals surface area contributed by atoms with Gasteiger partial charge in [0.1, 0.15) is 5.76 Å². The van der Waals surface area contributed by atoms with Crippen molar-refractivity contribution in [3.8, 4) is 0 Å². The zero-order valence-electron chi connectivity index (χ0n) is 10.5. The molecule has 1 aromatic rings. The average molecular weight is 233 g/mol. The predicted octanol–water partition coefficient (Wildman–Crippen LogP) is 2.80. The third-order valence-corrected chi connectivity index (χ3v) is 4.55. The van der Waals surface area contributed by atoms with Crippen molar-refractivity contribution in [2.45, 2.75) is 19.6 Å². The summed E-state index contributed by atoms with van der Waals surface area (Å²) in [6.45, 7) is 14.6. The molecule has 0 spiro atoms. The van der Waals surface area contributed by atoms with Gasteiger partial charge in [-0.2, -0.15) is 0 Å². The third-order valence-electron chi connectivity index (χ3n) is 2.52. The summed E-state index contributed by atoms with van der Waals surface area (Å²) >= 11 is 0. The molecule has 1 aromatic heterocycles. The quantitative estimate of drug-likeness (QED) is 0.453. The first-order valence-corrected chi connectivity index (χ1v) is 8.75. The monoisotopic (exact) mass is 233 g/mol. The van der Waals surface area contributed by atoms with Gasteiger partial charge >= 0.3 is 0 Å². The van der Waals surface area contributed by atoms with Gasteiger partial charge in [-0.3, -0.25) is 4.98 Å². The van der Waals surface area contributed by atoms with Crippen LogP contribution < -0.4 is 5.19 Å². The Bertz CT molecular complexity index is 401. The Labute approximate surface area is 98.7 Å². The Kier molecular flexibility index (Phi) is 3.70. The van der Waals surface area contributed by atoms with E-state index in [2.05, 4.69) is 43.8 Å². The van der Waals surface area contributed by atoms with E-state index in [0.717, 1.165) is 11.3 Å². The van der Waals surface area contributed by atoms with E-state index in [4.69, 9.17) is 4.74 Å². The van der Waals surface area contributed by atoms with Crippen molar-refractivity contribution in [2.75, 3.05) is 7.11 Å². The summed E-state index contributed by atoms with van der Waals surface area (Å²) in [7, 11) is 0.315. The Balaban J connectivity index is 2.96. The fourth-order valence-electron chi connectivity index (χ4n) is 1.28. The molecule has 2 nitrogen and oxygen atoms in total. The molecule has 0 unspecified atom stereocenters. The van der Waals surface area contributed by atoms with Gasteiger partial charge in [0, 0.05) is 11.8 Å². The van der Waals surface area contributed by atoms with Crippen LogP contribution >= 0.6 is 0 Å². The second kappa shape index (κ2) is 4.66. The molecule has 0 fully saturated rings. The molecule has 3 heteroatoms. The summed E-state index contributed by atoms with van der Waals surface area (Å²) in [5.41, 5.74) is 1.57. The second-order valence-electron chi connectivity index (χ2n) is 4.79. The molecular weight excluding hydrogens is 214 g/mol. The Morgan fingerprint density at radius 3 is 2.25 bits per heavy atom. The minimum absolute atomic E-state index is 0.563. The molecule has 0 amide bonds. The van der Waals surface area contributed by atoms with Crippen molar-refractivity contribution in [3.63, 3.8) is 0 Å². The van der Waals surface area contributed by atoms with Crippen LogP contribution in [0.15, 0.2) is 37.2 Å². The topological polar surface area (TPSA) is 22.1 Å². The highest BCUT2D eigenvalue weighted by Gasteiger charge is 2.16. The van der Waals surface area contributed by atoms with Crippen molar-refractivity contribution < 1.29 is 4.74 Å². The lowest BCUT2D eigenvalue weighted by Crippen LogP contribution is -2.37. The van der Waals surface area contributed by atoms with Crippen molar-refractivity contribution in [1.29, 1.82) is 0 Å². The van der Waals surface area contributed by atoms with Crippen LogP contribution in [0.4, 0.5) is 0 Å². The number of hydrogen-bond donors (Lipinski definition) is 0. The Hall–Kier alpha value is -1.35. The molecule has 86 valence electrons. The summed E-state index contributed by atoms with van der Waals surface area (Å²) < 4.78 is 5.04. The molecule has 0 aliphatic heterocycles. The minimum Gasteiger partial charge on any atom is -0.497 e. The molecule has 0 N–H and O–H groups in total. The zero-order valence-corrected chi connectivity index (χ0v) is 11.5. The lowest BCUT2D eigenvalue weighted by atomic mass is 10.2. The molecular formula is C13H19NOSi. The molecule has 0 aliphatic rings. The first-order chi connectivity index (χ1) is 7.36. The molecule has 0 saturated carbocycles. The van der Waals surface area contributed by atoms with Crippen molar-refractivity contribution in [3.05, 3.63) is 42.9 Å². The van der Waals surface area contributed by atoms with E-state index < -0.39 is 8.07 Å². The number of aromatic nitrogens is 1. The van der Waals surface area contributed by atoms with Crippen molar-refractivity contribution >= 4 is 18.8 Å². The second-order valence-corrected chi connectivity index (χ2v) is 9.87. The van der Waals surface area contributed by atoms with E-state index in [9.17, 15) is 0 Å². The van der Waals surface area contributed by atoms with Crippen LogP contribution in [0.2, 0.25) is 19.6 Å². The predicted molar refractivity (Wildman–Crippen MR) is 72.4 cm³/mol. The van der Waals surface area contributed by atoms with Gasteiger partial charge in [0.15, 0.2) is 0 Å². The number of nitrogens with zero attached hydrogens (tertiary/aromatic N) is 1. The van der Waals surface area contributed by atoms with E-state index in [0.29, 0.717) is 5.76 Å². The van der Waals surface area contributed by atoms with Gasteiger partial charge in [0.2, 0.25) is 0 Å². The molecule has 0 saturated heterocycles. The lowest BCUT2D eigenvalue weighted by Gasteiger charge is -2.16. The highest BCUT2D eigenvalue weighted by atomic mass is 28.3. The first kappa shape index (κ1) is 12.7. The SMILES string of the molecule is C=C(OC)C(=C)c1ccc([Si](C)(C)C)cn1. The number of pyridine rings is 1. The molecule has 0 atom stereocenters. The van der Waals surface area contributed by atoms with E-state index in [1.165, 1.54) is 5.19 Å². The average Bonchev–Trinajstić information content (AvgIpc) is 2.26. The maximum atomic E-state index is 5.04. The Morgan fingerprint density at radius 1 is 1.25 bits per heavy atom. The maximum Gasteiger partial charge on any atom is 0.120 e. The summed E-state index contributed by atoms with van der Waals surface area (Å²) in [6, 6.07) is 4.11. The number of rotatable bonds is 4.